The van der Waals surface area contributed by atoms with Crippen LogP contribution in [0.15, 0.2) is 12.4 Å². The molecule has 0 aliphatic carbocycles. The number of piperidine rings is 1. The van der Waals surface area contributed by atoms with E-state index in [-0.39, 0.29) is 17.9 Å². The molecule has 2 saturated heterocycles. The third kappa shape index (κ3) is 3.67. The second-order valence-corrected chi connectivity index (χ2v) is 6.46. The number of hydrogen-bond acceptors (Lipinski definition) is 4. The van der Waals surface area contributed by atoms with Gasteiger partial charge in [-0.3, -0.25) is 4.79 Å². The molecule has 1 aromatic heterocycles. The van der Waals surface area contributed by atoms with E-state index in [0.29, 0.717) is 19.1 Å². The number of aromatic amines is 1. The highest BCUT2D eigenvalue weighted by atomic mass is 16.5. The molecule has 2 aliphatic rings. The Hall–Kier alpha value is -1.40. The quantitative estimate of drug-likeness (QED) is 0.856. The SMILES string of the molecule is CN(Cc1ncc[nH]1)C(=O)[C@@H]1CCO[C@@H]1CC1CCNCC1. The number of H-pyrrole nitrogens is 1. The summed E-state index contributed by atoms with van der Waals surface area (Å²) in [5, 5.41) is 3.39. The fourth-order valence-corrected chi connectivity index (χ4v) is 3.58. The van der Waals surface area contributed by atoms with Gasteiger partial charge in [-0.15, -0.1) is 0 Å². The summed E-state index contributed by atoms with van der Waals surface area (Å²) in [4.78, 5) is 21.7. The average Bonchev–Trinajstić information content (AvgIpc) is 3.19. The molecule has 3 heterocycles. The zero-order chi connectivity index (χ0) is 15.4. The Morgan fingerprint density at radius 3 is 2.95 bits per heavy atom. The summed E-state index contributed by atoms with van der Waals surface area (Å²) < 4.78 is 5.88. The van der Waals surface area contributed by atoms with Crippen molar-refractivity contribution in [3.63, 3.8) is 0 Å². The van der Waals surface area contributed by atoms with Crippen LogP contribution in [0.2, 0.25) is 0 Å². The molecule has 2 N–H and O–H groups in total. The topological polar surface area (TPSA) is 70.2 Å². The van der Waals surface area contributed by atoms with Gasteiger partial charge < -0.3 is 19.9 Å². The van der Waals surface area contributed by atoms with Crippen LogP contribution < -0.4 is 5.32 Å². The van der Waals surface area contributed by atoms with Crippen LogP contribution in [0.25, 0.3) is 0 Å². The van der Waals surface area contributed by atoms with Gasteiger partial charge in [-0.05, 0) is 44.7 Å². The summed E-state index contributed by atoms with van der Waals surface area (Å²) in [7, 11) is 1.85. The van der Waals surface area contributed by atoms with Gasteiger partial charge in [-0.1, -0.05) is 0 Å². The number of nitrogens with one attached hydrogen (secondary N) is 2. The van der Waals surface area contributed by atoms with E-state index in [1.807, 2.05) is 7.05 Å². The van der Waals surface area contributed by atoms with E-state index in [1.54, 1.807) is 17.3 Å². The Balaban J connectivity index is 1.55. The lowest BCUT2D eigenvalue weighted by Gasteiger charge is -2.28. The first kappa shape index (κ1) is 15.5. The lowest BCUT2D eigenvalue weighted by Crippen LogP contribution is -2.38. The van der Waals surface area contributed by atoms with Crippen molar-refractivity contribution >= 4 is 5.91 Å². The maximum absolute atomic E-state index is 12.7. The van der Waals surface area contributed by atoms with Crippen LogP contribution in [0.4, 0.5) is 0 Å². The van der Waals surface area contributed by atoms with Crippen LogP contribution in [0.1, 0.15) is 31.5 Å². The normalized spacial score (nSPS) is 26.2. The molecule has 22 heavy (non-hydrogen) atoms. The molecular formula is C16H26N4O2. The molecular weight excluding hydrogens is 280 g/mol. The van der Waals surface area contributed by atoms with Gasteiger partial charge in [0, 0.05) is 26.0 Å². The number of amides is 1. The lowest BCUT2D eigenvalue weighted by molar-refractivity contribution is -0.136. The molecule has 3 rings (SSSR count). The number of carbonyl (C=O) groups excluding carboxylic acids is 1. The van der Waals surface area contributed by atoms with Crippen LogP contribution in [0.3, 0.4) is 0 Å². The van der Waals surface area contributed by atoms with Crippen LogP contribution in [0, 0.1) is 11.8 Å². The van der Waals surface area contributed by atoms with E-state index >= 15 is 0 Å². The van der Waals surface area contributed by atoms with Gasteiger partial charge in [0.25, 0.3) is 0 Å². The maximum atomic E-state index is 12.7. The summed E-state index contributed by atoms with van der Waals surface area (Å²) in [6.07, 6.45) is 7.85. The minimum absolute atomic E-state index is 0.00912. The predicted octanol–water partition coefficient (Wildman–Crippen LogP) is 1.16. The van der Waals surface area contributed by atoms with E-state index in [1.165, 1.54) is 12.8 Å². The average molecular weight is 306 g/mol. The van der Waals surface area contributed by atoms with Gasteiger partial charge >= 0.3 is 0 Å². The number of aromatic nitrogens is 2. The lowest BCUT2D eigenvalue weighted by atomic mass is 9.87. The molecule has 0 radical (unpaired) electrons. The van der Waals surface area contributed by atoms with Gasteiger partial charge in [-0.25, -0.2) is 4.98 Å². The van der Waals surface area contributed by atoms with Gasteiger partial charge in [0.05, 0.1) is 18.6 Å². The predicted molar refractivity (Wildman–Crippen MR) is 83.1 cm³/mol. The van der Waals surface area contributed by atoms with E-state index in [0.717, 1.165) is 31.8 Å². The molecule has 0 aromatic carbocycles. The summed E-state index contributed by atoms with van der Waals surface area (Å²) >= 11 is 0. The zero-order valence-electron chi connectivity index (χ0n) is 13.3. The van der Waals surface area contributed by atoms with Crippen molar-refractivity contribution in [3.8, 4) is 0 Å². The summed E-state index contributed by atoms with van der Waals surface area (Å²) in [5.41, 5.74) is 0. The first-order valence-corrected chi connectivity index (χ1v) is 8.29. The Morgan fingerprint density at radius 1 is 1.41 bits per heavy atom. The van der Waals surface area contributed by atoms with E-state index in [9.17, 15) is 4.79 Å². The molecule has 0 bridgehead atoms. The van der Waals surface area contributed by atoms with E-state index in [4.69, 9.17) is 4.74 Å². The highest BCUT2D eigenvalue weighted by Crippen LogP contribution is 2.30. The van der Waals surface area contributed by atoms with Crippen molar-refractivity contribution in [2.24, 2.45) is 11.8 Å². The number of nitrogens with zero attached hydrogens (tertiary/aromatic N) is 2. The monoisotopic (exact) mass is 306 g/mol. The van der Waals surface area contributed by atoms with Gasteiger partial charge in [-0.2, -0.15) is 0 Å². The standard InChI is InChI=1S/C16H26N4O2/c1-20(11-15-18-7-8-19-15)16(21)13-4-9-22-14(13)10-12-2-5-17-6-3-12/h7-8,12-14,17H,2-6,9-11H2,1H3,(H,18,19)/t13-,14-/m1/s1. The smallest absolute Gasteiger partial charge is 0.228 e. The summed E-state index contributed by atoms with van der Waals surface area (Å²) in [5.74, 6) is 1.71. The highest BCUT2D eigenvalue weighted by Gasteiger charge is 2.37. The van der Waals surface area contributed by atoms with Crippen molar-refractivity contribution < 1.29 is 9.53 Å². The van der Waals surface area contributed by atoms with Crippen molar-refractivity contribution in [3.05, 3.63) is 18.2 Å². The van der Waals surface area contributed by atoms with Gasteiger partial charge in [0.1, 0.15) is 5.82 Å². The third-order valence-electron chi connectivity index (χ3n) is 4.87. The Kier molecular flexibility index (Phi) is 5.10. The molecule has 1 aromatic rings. The van der Waals surface area contributed by atoms with E-state index < -0.39 is 0 Å². The minimum atomic E-state index is 0.00912. The molecule has 6 nitrogen and oxygen atoms in total. The molecule has 2 atom stereocenters. The summed E-state index contributed by atoms with van der Waals surface area (Å²) in [6.45, 7) is 3.42. The number of hydrogen-bond donors (Lipinski definition) is 2. The third-order valence-corrected chi connectivity index (χ3v) is 4.87. The molecule has 0 saturated carbocycles. The number of rotatable bonds is 5. The van der Waals surface area contributed by atoms with Crippen molar-refractivity contribution in [2.45, 2.75) is 38.3 Å². The molecule has 122 valence electrons. The largest absolute Gasteiger partial charge is 0.377 e. The van der Waals surface area contributed by atoms with Crippen molar-refractivity contribution in [1.82, 2.24) is 20.2 Å². The number of carbonyl (C=O) groups is 1. The Morgan fingerprint density at radius 2 is 2.23 bits per heavy atom. The second kappa shape index (κ2) is 7.24. The van der Waals surface area contributed by atoms with Crippen molar-refractivity contribution in [1.29, 1.82) is 0 Å². The summed E-state index contributed by atoms with van der Waals surface area (Å²) in [6, 6.07) is 0. The molecule has 0 spiro atoms. The molecule has 1 amide bonds. The fourth-order valence-electron chi connectivity index (χ4n) is 3.58. The maximum Gasteiger partial charge on any atom is 0.228 e. The number of ether oxygens (including phenoxy) is 1. The van der Waals surface area contributed by atoms with Crippen LogP contribution in [-0.4, -0.2) is 53.6 Å². The van der Waals surface area contributed by atoms with Gasteiger partial charge in [0.15, 0.2) is 0 Å². The van der Waals surface area contributed by atoms with Crippen LogP contribution in [-0.2, 0) is 16.1 Å². The first-order chi connectivity index (χ1) is 10.7. The van der Waals surface area contributed by atoms with E-state index in [2.05, 4.69) is 15.3 Å². The molecule has 6 heteroatoms. The fraction of sp³-hybridized carbons (Fsp3) is 0.750. The van der Waals surface area contributed by atoms with Crippen LogP contribution in [0.5, 0.6) is 0 Å². The van der Waals surface area contributed by atoms with Crippen molar-refractivity contribution in [2.75, 3.05) is 26.7 Å². The zero-order valence-corrected chi connectivity index (χ0v) is 13.3. The highest BCUT2D eigenvalue weighted by molar-refractivity contribution is 5.79. The van der Waals surface area contributed by atoms with Gasteiger partial charge in [0.2, 0.25) is 5.91 Å². The molecule has 2 aliphatic heterocycles. The number of imidazole rings is 1. The van der Waals surface area contributed by atoms with Crippen LogP contribution >= 0.6 is 0 Å². The molecule has 2 fully saturated rings. The second-order valence-electron chi connectivity index (χ2n) is 6.46. The molecule has 0 unspecified atom stereocenters. The Labute approximate surface area is 131 Å². The first-order valence-electron chi connectivity index (χ1n) is 8.29. The minimum Gasteiger partial charge on any atom is -0.377 e. The Bertz CT molecular complexity index is 471.